The predicted molar refractivity (Wildman–Crippen MR) is 71.7 cm³/mol. The molecule has 8 heteroatoms. The van der Waals surface area contributed by atoms with Crippen LogP contribution >= 0.6 is 0 Å². The van der Waals surface area contributed by atoms with Crippen molar-refractivity contribution in [3.05, 3.63) is 15.8 Å². The quantitative estimate of drug-likeness (QED) is 0.660. The Labute approximate surface area is 116 Å². The van der Waals surface area contributed by atoms with Crippen LogP contribution in [0.25, 0.3) is 0 Å². The lowest BCUT2D eigenvalue weighted by Crippen LogP contribution is -2.43. The largest absolute Gasteiger partial charge is 0.481 e. The third-order valence-corrected chi connectivity index (χ3v) is 3.65. The van der Waals surface area contributed by atoms with Crippen LogP contribution < -0.4 is 4.90 Å². The van der Waals surface area contributed by atoms with Crippen molar-refractivity contribution < 1.29 is 14.8 Å². The van der Waals surface area contributed by atoms with Crippen LogP contribution in [0.1, 0.15) is 19.0 Å². The van der Waals surface area contributed by atoms with Gasteiger partial charge in [-0.3, -0.25) is 14.9 Å². The fourth-order valence-electron chi connectivity index (χ4n) is 2.91. The second-order valence-corrected chi connectivity index (χ2v) is 5.42. The summed E-state index contributed by atoms with van der Waals surface area (Å²) in [7, 11) is 1.64. The van der Waals surface area contributed by atoms with E-state index in [1.807, 2.05) is 6.92 Å². The van der Waals surface area contributed by atoms with Crippen LogP contribution in [-0.2, 0) is 11.8 Å². The number of carboxylic acids is 1. The molecule has 2 unspecified atom stereocenters. The van der Waals surface area contributed by atoms with E-state index in [2.05, 4.69) is 5.10 Å². The highest BCUT2D eigenvalue weighted by molar-refractivity contribution is 5.72. The molecule has 0 aromatic carbocycles. The SMILES string of the molecule is Cc1nn(C)c(N2CC(C)CC(C(=O)O)C2)c1[N+](=O)[O-]. The van der Waals surface area contributed by atoms with Crippen molar-refractivity contribution in [2.45, 2.75) is 20.3 Å². The van der Waals surface area contributed by atoms with Gasteiger partial charge in [0.05, 0.1) is 10.8 Å². The fourth-order valence-corrected chi connectivity index (χ4v) is 2.91. The fraction of sp³-hybridized carbons (Fsp3) is 0.667. The highest BCUT2D eigenvalue weighted by Crippen LogP contribution is 2.34. The summed E-state index contributed by atoms with van der Waals surface area (Å²) in [6.45, 7) is 4.42. The van der Waals surface area contributed by atoms with Crippen molar-refractivity contribution in [3.8, 4) is 0 Å². The number of hydrogen-bond acceptors (Lipinski definition) is 5. The summed E-state index contributed by atoms with van der Waals surface area (Å²) in [5.74, 6) is -0.804. The summed E-state index contributed by atoms with van der Waals surface area (Å²) in [6, 6.07) is 0. The maximum atomic E-state index is 11.2. The Hall–Kier alpha value is -2.12. The normalized spacial score (nSPS) is 22.9. The molecule has 1 N–H and O–H groups in total. The van der Waals surface area contributed by atoms with Gasteiger partial charge in [0.15, 0.2) is 0 Å². The molecular weight excluding hydrogens is 264 g/mol. The molecule has 1 fully saturated rings. The summed E-state index contributed by atoms with van der Waals surface area (Å²) >= 11 is 0. The molecule has 1 aliphatic rings. The van der Waals surface area contributed by atoms with Gasteiger partial charge in [0.2, 0.25) is 5.82 Å². The molecule has 8 nitrogen and oxygen atoms in total. The Morgan fingerprint density at radius 2 is 2.15 bits per heavy atom. The van der Waals surface area contributed by atoms with Gasteiger partial charge in [0.1, 0.15) is 5.69 Å². The number of aromatic nitrogens is 2. The highest BCUT2D eigenvalue weighted by Gasteiger charge is 2.35. The standard InChI is InChI=1S/C12H18N4O4/c1-7-4-9(12(17)18)6-15(5-7)11-10(16(19)20)8(2)13-14(11)3/h7,9H,4-6H2,1-3H3,(H,17,18). The number of nitro groups is 1. The maximum absolute atomic E-state index is 11.2. The molecular formula is C12H18N4O4. The van der Waals surface area contributed by atoms with E-state index in [4.69, 9.17) is 0 Å². The molecule has 0 amide bonds. The first kappa shape index (κ1) is 14.3. The molecule has 1 aromatic heterocycles. The third kappa shape index (κ3) is 2.45. The van der Waals surface area contributed by atoms with E-state index >= 15 is 0 Å². The average molecular weight is 282 g/mol. The lowest BCUT2D eigenvalue weighted by atomic mass is 9.90. The van der Waals surface area contributed by atoms with Gasteiger partial charge >= 0.3 is 11.7 Å². The summed E-state index contributed by atoms with van der Waals surface area (Å²) in [6.07, 6.45) is 0.594. The molecule has 1 saturated heterocycles. The second-order valence-electron chi connectivity index (χ2n) is 5.42. The maximum Gasteiger partial charge on any atom is 0.333 e. The van der Waals surface area contributed by atoms with Gasteiger partial charge in [-0.1, -0.05) is 6.92 Å². The monoisotopic (exact) mass is 282 g/mol. The molecule has 1 aromatic rings. The van der Waals surface area contributed by atoms with Gasteiger partial charge in [-0.25, -0.2) is 4.68 Å². The number of carboxylic acid groups (broad SMARTS) is 1. The van der Waals surface area contributed by atoms with Crippen molar-refractivity contribution in [2.75, 3.05) is 18.0 Å². The van der Waals surface area contributed by atoms with Crippen molar-refractivity contribution in [1.82, 2.24) is 9.78 Å². The number of aliphatic carboxylic acids is 1. The molecule has 1 aliphatic heterocycles. The van der Waals surface area contributed by atoms with Gasteiger partial charge in [-0.05, 0) is 19.3 Å². The molecule has 0 spiro atoms. The number of aryl methyl sites for hydroxylation is 2. The Bertz CT molecular complexity index is 554. The number of hydrogen-bond donors (Lipinski definition) is 1. The van der Waals surface area contributed by atoms with Gasteiger partial charge in [-0.15, -0.1) is 0 Å². The van der Waals surface area contributed by atoms with E-state index in [0.717, 1.165) is 0 Å². The topological polar surface area (TPSA) is 102 Å². The number of nitrogens with zero attached hydrogens (tertiary/aromatic N) is 4. The summed E-state index contributed by atoms with van der Waals surface area (Å²) in [5, 5.41) is 24.5. The minimum absolute atomic E-state index is 0.0364. The molecule has 0 radical (unpaired) electrons. The summed E-state index contributed by atoms with van der Waals surface area (Å²) < 4.78 is 1.46. The lowest BCUT2D eigenvalue weighted by molar-refractivity contribution is -0.384. The van der Waals surface area contributed by atoms with Crippen LogP contribution in [0.2, 0.25) is 0 Å². The minimum Gasteiger partial charge on any atom is -0.481 e. The molecule has 20 heavy (non-hydrogen) atoms. The molecule has 2 heterocycles. The van der Waals surface area contributed by atoms with E-state index in [-0.39, 0.29) is 18.2 Å². The van der Waals surface area contributed by atoms with Gasteiger partial charge in [0, 0.05) is 20.1 Å². The first-order chi connectivity index (χ1) is 9.31. The zero-order chi connectivity index (χ0) is 15.0. The van der Waals surface area contributed by atoms with Crippen molar-refractivity contribution in [3.63, 3.8) is 0 Å². The predicted octanol–water partition coefficient (Wildman–Crippen LogP) is 1.18. The first-order valence-electron chi connectivity index (χ1n) is 6.47. The summed E-state index contributed by atoms with van der Waals surface area (Å²) in [5.41, 5.74) is 0.309. The van der Waals surface area contributed by atoms with E-state index in [0.29, 0.717) is 24.5 Å². The first-order valence-corrected chi connectivity index (χ1v) is 6.47. The van der Waals surface area contributed by atoms with Gasteiger partial charge < -0.3 is 10.0 Å². The zero-order valence-electron chi connectivity index (χ0n) is 11.7. The molecule has 110 valence electrons. The Kier molecular flexibility index (Phi) is 3.65. The highest BCUT2D eigenvalue weighted by atomic mass is 16.6. The molecule has 0 saturated carbocycles. The van der Waals surface area contributed by atoms with Crippen LogP contribution in [-0.4, -0.2) is 38.9 Å². The van der Waals surface area contributed by atoms with Gasteiger partial charge in [-0.2, -0.15) is 5.10 Å². The Balaban J connectivity index is 2.40. The van der Waals surface area contributed by atoms with E-state index in [9.17, 15) is 20.0 Å². The minimum atomic E-state index is -0.858. The average Bonchev–Trinajstić information content (AvgIpc) is 2.63. The Morgan fingerprint density at radius 3 is 2.70 bits per heavy atom. The van der Waals surface area contributed by atoms with Gasteiger partial charge in [0.25, 0.3) is 0 Å². The Morgan fingerprint density at radius 1 is 1.50 bits per heavy atom. The van der Waals surface area contributed by atoms with Crippen molar-refractivity contribution in [2.24, 2.45) is 18.9 Å². The third-order valence-electron chi connectivity index (χ3n) is 3.65. The number of carbonyl (C=O) groups is 1. The van der Waals surface area contributed by atoms with E-state index < -0.39 is 16.8 Å². The zero-order valence-corrected chi connectivity index (χ0v) is 11.7. The molecule has 0 bridgehead atoms. The lowest BCUT2D eigenvalue weighted by Gasteiger charge is -2.35. The van der Waals surface area contributed by atoms with Crippen molar-refractivity contribution >= 4 is 17.5 Å². The van der Waals surface area contributed by atoms with Crippen LogP contribution in [0.4, 0.5) is 11.5 Å². The molecule has 2 rings (SSSR count). The van der Waals surface area contributed by atoms with Crippen LogP contribution in [0.15, 0.2) is 0 Å². The molecule has 0 aliphatic carbocycles. The van der Waals surface area contributed by atoms with Crippen LogP contribution in [0.5, 0.6) is 0 Å². The van der Waals surface area contributed by atoms with Crippen molar-refractivity contribution in [1.29, 1.82) is 0 Å². The van der Waals surface area contributed by atoms with Crippen LogP contribution in [0, 0.1) is 28.9 Å². The van der Waals surface area contributed by atoms with Crippen LogP contribution in [0.3, 0.4) is 0 Å². The second kappa shape index (κ2) is 5.10. The summed E-state index contributed by atoms with van der Waals surface area (Å²) in [4.78, 5) is 23.7. The number of piperidine rings is 1. The number of rotatable bonds is 3. The smallest absolute Gasteiger partial charge is 0.333 e. The molecule has 2 atom stereocenters. The van der Waals surface area contributed by atoms with E-state index in [1.54, 1.807) is 18.9 Å². The number of anilines is 1. The van der Waals surface area contributed by atoms with E-state index in [1.165, 1.54) is 4.68 Å².